The second-order valence-electron chi connectivity index (χ2n) is 3.91. The summed E-state index contributed by atoms with van der Waals surface area (Å²) in [5.74, 6) is -0.697. The van der Waals surface area contributed by atoms with Crippen molar-refractivity contribution >= 4 is 27.5 Å². The van der Waals surface area contributed by atoms with Crippen LogP contribution in [0.4, 0.5) is 10.1 Å². The quantitative estimate of drug-likeness (QED) is 0.824. The number of amides is 1. The highest BCUT2D eigenvalue weighted by molar-refractivity contribution is 9.10. The zero-order chi connectivity index (χ0) is 11.6. The first-order valence-electron chi connectivity index (χ1n) is 4.57. The molecule has 1 rings (SSSR count). The van der Waals surface area contributed by atoms with Crippen LogP contribution in [-0.2, 0) is 4.79 Å². The van der Waals surface area contributed by atoms with Crippen molar-refractivity contribution in [3.05, 3.63) is 29.6 Å². The van der Waals surface area contributed by atoms with Crippen LogP contribution in [0, 0.1) is 12.7 Å². The largest absolute Gasteiger partial charge is 0.322 e. The SMILES string of the molecule is Cc1ccc(F)c(NC(=O)C(C)(C)Br)c1. The number of alkyl halides is 1. The van der Waals surface area contributed by atoms with Crippen LogP contribution in [0.2, 0.25) is 0 Å². The Bertz CT molecular complexity index is 385. The number of aryl methyl sites for hydroxylation is 1. The van der Waals surface area contributed by atoms with Crippen molar-refractivity contribution in [2.24, 2.45) is 0 Å². The minimum Gasteiger partial charge on any atom is -0.322 e. The third kappa shape index (κ3) is 3.30. The van der Waals surface area contributed by atoms with Crippen LogP contribution in [0.5, 0.6) is 0 Å². The van der Waals surface area contributed by atoms with Crippen molar-refractivity contribution in [2.45, 2.75) is 25.1 Å². The van der Waals surface area contributed by atoms with Gasteiger partial charge in [0.15, 0.2) is 0 Å². The Balaban J connectivity index is 2.90. The molecule has 0 aliphatic heterocycles. The van der Waals surface area contributed by atoms with Crippen molar-refractivity contribution in [3.63, 3.8) is 0 Å². The monoisotopic (exact) mass is 273 g/mol. The van der Waals surface area contributed by atoms with E-state index < -0.39 is 10.1 Å². The summed E-state index contributed by atoms with van der Waals surface area (Å²) in [7, 11) is 0. The molecule has 0 heterocycles. The lowest BCUT2D eigenvalue weighted by atomic mass is 10.1. The Labute approximate surface area is 97.0 Å². The maximum atomic E-state index is 13.3. The molecule has 0 aromatic heterocycles. The fourth-order valence-corrected chi connectivity index (χ4v) is 1.10. The average molecular weight is 274 g/mol. The molecule has 1 N–H and O–H groups in total. The first-order chi connectivity index (χ1) is 6.80. The average Bonchev–Trinajstić information content (AvgIpc) is 2.09. The molecule has 1 amide bonds. The summed E-state index contributed by atoms with van der Waals surface area (Å²) < 4.78 is 12.6. The lowest BCUT2D eigenvalue weighted by Gasteiger charge is -2.16. The first-order valence-corrected chi connectivity index (χ1v) is 5.36. The molecule has 1 aromatic carbocycles. The van der Waals surface area contributed by atoms with Gasteiger partial charge in [-0.05, 0) is 38.5 Å². The predicted molar refractivity (Wildman–Crippen MR) is 62.8 cm³/mol. The van der Waals surface area contributed by atoms with Crippen molar-refractivity contribution in [3.8, 4) is 0 Å². The zero-order valence-electron chi connectivity index (χ0n) is 8.90. The molecular formula is C11H13BrFNO. The summed E-state index contributed by atoms with van der Waals surface area (Å²) in [6.07, 6.45) is 0. The Morgan fingerprint density at radius 3 is 2.60 bits per heavy atom. The molecule has 0 spiro atoms. The number of carbonyl (C=O) groups excluding carboxylic acids is 1. The molecule has 4 heteroatoms. The number of benzene rings is 1. The van der Waals surface area contributed by atoms with Gasteiger partial charge in [-0.3, -0.25) is 4.79 Å². The van der Waals surface area contributed by atoms with Gasteiger partial charge in [-0.15, -0.1) is 0 Å². The number of hydrogen-bond acceptors (Lipinski definition) is 1. The number of hydrogen-bond donors (Lipinski definition) is 1. The Hall–Kier alpha value is -0.900. The second-order valence-corrected chi connectivity index (χ2v) is 5.89. The van der Waals surface area contributed by atoms with E-state index in [1.54, 1.807) is 26.0 Å². The molecule has 0 aliphatic rings. The highest BCUT2D eigenvalue weighted by Crippen LogP contribution is 2.21. The second kappa shape index (κ2) is 4.31. The van der Waals surface area contributed by atoms with Gasteiger partial charge < -0.3 is 5.32 Å². The van der Waals surface area contributed by atoms with Crippen molar-refractivity contribution in [2.75, 3.05) is 5.32 Å². The fraction of sp³-hybridized carbons (Fsp3) is 0.364. The molecule has 0 saturated heterocycles. The topological polar surface area (TPSA) is 29.1 Å². The number of anilines is 1. The summed E-state index contributed by atoms with van der Waals surface area (Å²) >= 11 is 3.21. The molecule has 0 bridgehead atoms. The maximum Gasteiger partial charge on any atom is 0.240 e. The number of rotatable bonds is 2. The third-order valence-corrected chi connectivity index (χ3v) is 2.27. The molecule has 0 unspecified atom stereocenters. The van der Waals surface area contributed by atoms with Crippen LogP contribution >= 0.6 is 15.9 Å². The van der Waals surface area contributed by atoms with E-state index in [0.29, 0.717) is 0 Å². The Morgan fingerprint density at radius 1 is 1.47 bits per heavy atom. The highest BCUT2D eigenvalue weighted by atomic mass is 79.9. The van der Waals surface area contributed by atoms with Gasteiger partial charge in [0.2, 0.25) is 5.91 Å². The summed E-state index contributed by atoms with van der Waals surface area (Å²) in [4.78, 5) is 11.6. The first kappa shape index (κ1) is 12.2. The Morgan fingerprint density at radius 2 is 2.07 bits per heavy atom. The van der Waals surface area contributed by atoms with Gasteiger partial charge in [0.05, 0.1) is 10.0 Å². The van der Waals surface area contributed by atoms with Gasteiger partial charge >= 0.3 is 0 Å². The lowest BCUT2D eigenvalue weighted by molar-refractivity contribution is -0.117. The van der Waals surface area contributed by atoms with E-state index in [1.165, 1.54) is 6.07 Å². The number of halogens is 2. The van der Waals surface area contributed by atoms with Crippen LogP contribution in [-0.4, -0.2) is 10.2 Å². The summed E-state index contributed by atoms with van der Waals surface area (Å²) in [5.41, 5.74) is 1.12. The van der Waals surface area contributed by atoms with Gasteiger partial charge in [-0.2, -0.15) is 0 Å². The Kier molecular flexibility index (Phi) is 3.50. The highest BCUT2D eigenvalue weighted by Gasteiger charge is 2.24. The van der Waals surface area contributed by atoms with Gasteiger partial charge in [0, 0.05) is 0 Å². The standard InChI is InChI=1S/C11H13BrFNO/c1-7-4-5-8(13)9(6-7)14-10(15)11(2,3)12/h4-6H,1-3H3,(H,14,15). The predicted octanol–water partition coefficient (Wildman–Crippen LogP) is 3.25. The summed E-state index contributed by atoms with van der Waals surface area (Å²) in [6, 6.07) is 4.60. The smallest absolute Gasteiger partial charge is 0.240 e. The molecule has 2 nitrogen and oxygen atoms in total. The van der Waals surface area contributed by atoms with E-state index in [-0.39, 0.29) is 11.6 Å². The van der Waals surface area contributed by atoms with Crippen molar-refractivity contribution in [1.29, 1.82) is 0 Å². The lowest BCUT2D eigenvalue weighted by Crippen LogP contribution is -2.31. The molecule has 0 fully saturated rings. The van der Waals surface area contributed by atoms with Gasteiger partial charge in [-0.1, -0.05) is 22.0 Å². The van der Waals surface area contributed by atoms with E-state index in [2.05, 4.69) is 21.2 Å². The minimum absolute atomic E-state index is 0.215. The normalized spacial score (nSPS) is 11.3. The molecule has 15 heavy (non-hydrogen) atoms. The molecule has 1 aromatic rings. The molecular weight excluding hydrogens is 261 g/mol. The van der Waals surface area contributed by atoms with Crippen molar-refractivity contribution in [1.82, 2.24) is 0 Å². The van der Waals surface area contributed by atoms with E-state index >= 15 is 0 Å². The zero-order valence-corrected chi connectivity index (χ0v) is 10.5. The van der Waals surface area contributed by atoms with Crippen LogP contribution in [0.15, 0.2) is 18.2 Å². The minimum atomic E-state index is -0.705. The molecule has 0 atom stereocenters. The maximum absolute atomic E-state index is 13.3. The molecule has 82 valence electrons. The molecule has 0 aliphatic carbocycles. The van der Waals surface area contributed by atoms with Gasteiger partial charge in [0.25, 0.3) is 0 Å². The van der Waals surface area contributed by atoms with E-state index in [1.807, 2.05) is 6.92 Å². The van der Waals surface area contributed by atoms with Crippen LogP contribution in [0.25, 0.3) is 0 Å². The van der Waals surface area contributed by atoms with Crippen LogP contribution < -0.4 is 5.32 Å². The van der Waals surface area contributed by atoms with Crippen LogP contribution in [0.3, 0.4) is 0 Å². The third-order valence-electron chi connectivity index (χ3n) is 1.91. The molecule has 0 saturated carbocycles. The van der Waals surface area contributed by atoms with E-state index in [9.17, 15) is 9.18 Å². The van der Waals surface area contributed by atoms with Gasteiger partial charge in [0.1, 0.15) is 5.82 Å². The summed E-state index contributed by atoms with van der Waals surface area (Å²) in [6.45, 7) is 5.25. The van der Waals surface area contributed by atoms with Crippen LogP contribution in [0.1, 0.15) is 19.4 Å². The van der Waals surface area contributed by atoms with E-state index in [4.69, 9.17) is 0 Å². The summed E-state index contributed by atoms with van der Waals surface area (Å²) in [5, 5.41) is 2.53. The fourth-order valence-electron chi connectivity index (χ4n) is 1.01. The molecule has 0 radical (unpaired) electrons. The number of nitrogens with one attached hydrogen (secondary N) is 1. The van der Waals surface area contributed by atoms with E-state index in [0.717, 1.165) is 5.56 Å². The number of carbonyl (C=O) groups is 1. The van der Waals surface area contributed by atoms with Crippen molar-refractivity contribution < 1.29 is 9.18 Å². The van der Waals surface area contributed by atoms with Gasteiger partial charge in [-0.25, -0.2) is 4.39 Å².